The lowest BCUT2D eigenvalue weighted by atomic mass is 10.2. The van der Waals surface area contributed by atoms with Crippen LogP contribution in [0.15, 0.2) is 22.6 Å². The Morgan fingerprint density at radius 3 is 3.12 bits per heavy atom. The molecule has 2 saturated heterocycles. The highest BCUT2D eigenvalue weighted by Gasteiger charge is 2.38. The van der Waals surface area contributed by atoms with Gasteiger partial charge in [-0.2, -0.15) is 0 Å². The molecule has 1 N–H and O–H groups in total. The summed E-state index contributed by atoms with van der Waals surface area (Å²) in [4.78, 5) is 31.6. The summed E-state index contributed by atoms with van der Waals surface area (Å²) in [6.45, 7) is 4.01. The number of aryl methyl sites for hydroxylation is 1. The van der Waals surface area contributed by atoms with E-state index < -0.39 is 0 Å². The number of oxazole rings is 1. The van der Waals surface area contributed by atoms with Gasteiger partial charge in [0, 0.05) is 19.6 Å². The molecule has 0 saturated carbocycles. The van der Waals surface area contributed by atoms with E-state index in [1.54, 1.807) is 9.80 Å². The molecule has 3 amide bonds. The first-order chi connectivity index (χ1) is 11.6. The molecule has 1 aromatic carbocycles. The molecule has 2 fully saturated rings. The Morgan fingerprint density at radius 2 is 2.29 bits per heavy atom. The zero-order chi connectivity index (χ0) is 16.7. The molecule has 1 aromatic heterocycles. The topological polar surface area (TPSA) is 87.9 Å². The Kier molecular flexibility index (Phi) is 3.51. The molecule has 126 valence electrons. The van der Waals surface area contributed by atoms with Crippen LogP contribution in [0.1, 0.15) is 11.5 Å². The molecule has 2 aromatic rings. The van der Waals surface area contributed by atoms with E-state index in [4.69, 9.17) is 9.15 Å². The van der Waals surface area contributed by atoms with Gasteiger partial charge in [0.15, 0.2) is 5.58 Å². The number of nitrogens with zero attached hydrogens (tertiary/aromatic N) is 3. The highest BCUT2D eigenvalue weighted by Crippen LogP contribution is 2.19. The van der Waals surface area contributed by atoms with Gasteiger partial charge in [0.05, 0.1) is 12.6 Å². The van der Waals surface area contributed by atoms with Crippen LogP contribution in [0.3, 0.4) is 0 Å². The van der Waals surface area contributed by atoms with Crippen molar-refractivity contribution in [2.75, 3.05) is 26.2 Å². The second-order valence-electron chi connectivity index (χ2n) is 6.06. The van der Waals surface area contributed by atoms with Gasteiger partial charge in [-0.15, -0.1) is 0 Å². The number of cyclic esters (lactones) is 1. The molecule has 2 aliphatic rings. The number of hydrogen-bond acceptors (Lipinski definition) is 5. The average Bonchev–Trinajstić information content (AvgIpc) is 3.17. The minimum Gasteiger partial charge on any atom is -0.447 e. The first-order valence-corrected chi connectivity index (χ1v) is 7.93. The van der Waals surface area contributed by atoms with Gasteiger partial charge in [-0.1, -0.05) is 12.1 Å². The van der Waals surface area contributed by atoms with Gasteiger partial charge in [-0.05, 0) is 18.6 Å². The van der Waals surface area contributed by atoms with Crippen molar-refractivity contribution in [1.29, 1.82) is 0 Å². The van der Waals surface area contributed by atoms with Gasteiger partial charge in [0.2, 0.25) is 5.89 Å². The summed E-state index contributed by atoms with van der Waals surface area (Å²) in [6, 6.07) is 5.50. The van der Waals surface area contributed by atoms with Gasteiger partial charge < -0.3 is 19.4 Å². The smallest absolute Gasteiger partial charge is 0.410 e. The number of carbonyl (C=O) groups excluding carboxylic acids is 2. The Balaban J connectivity index is 1.37. The van der Waals surface area contributed by atoms with E-state index in [0.717, 1.165) is 16.7 Å². The van der Waals surface area contributed by atoms with Gasteiger partial charge >= 0.3 is 12.1 Å². The third kappa shape index (κ3) is 2.53. The third-order valence-electron chi connectivity index (χ3n) is 4.46. The molecular formula is C16H18N4O4. The molecule has 4 rings (SSSR count). The van der Waals surface area contributed by atoms with Crippen LogP contribution in [0.4, 0.5) is 9.59 Å². The van der Waals surface area contributed by atoms with Crippen LogP contribution >= 0.6 is 0 Å². The lowest BCUT2D eigenvalue weighted by Gasteiger charge is -2.35. The Morgan fingerprint density at radius 1 is 1.42 bits per heavy atom. The number of ether oxygens (including phenoxy) is 1. The maximum absolute atomic E-state index is 12.3. The monoisotopic (exact) mass is 330 g/mol. The number of benzene rings is 1. The predicted molar refractivity (Wildman–Crippen MR) is 84.4 cm³/mol. The van der Waals surface area contributed by atoms with E-state index in [-0.39, 0.29) is 24.7 Å². The lowest BCUT2D eigenvalue weighted by molar-refractivity contribution is 0.126. The Bertz CT molecular complexity index is 802. The Labute approximate surface area is 138 Å². The first kappa shape index (κ1) is 14.8. The fourth-order valence-corrected chi connectivity index (χ4v) is 3.14. The number of amides is 3. The number of rotatable bonds is 2. The van der Waals surface area contributed by atoms with E-state index >= 15 is 0 Å². The number of para-hydroxylation sites is 1. The summed E-state index contributed by atoms with van der Waals surface area (Å²) < 4.78 is 10.7. The predicted octanol–water partition coefficient (Wildman–Crippen LogP) is 1.48. The number of fused-ring (bicyclic) bond motifs is 2. The summed E-state index contributed by atoms with van der Waals surface area (Å²) in [6.07, 6.45) is -0.290. The second-order valence-corrected chi connectivity index (χ2v) is 6.06. The van der Waals surface area contributed by atoms with E-state index in [9.17, 15) is 9.59 Å². The average molecular weight is 330 g/mol. The molecule has 0 radical (unpaired) electrons. The van der Waals surface area contributed by atoms with Crippen LogP contribution in [0.25, 0.3) is 11.1 Å². The number of hydrogen-bond donors (Lipinski definition) is 1. The van der Waals surface area contributed by atoms with Crippen molar-refractivity contribution in [2.24, 2.45) is 0 Å². The fourth-order valence-electron chi connectivity index (χ4n) is 3.14. The van der Waals surface area contributed by atoms with Crippen LogP contribution in [0.2, 0.25) is 0 Å². The van der Waals surface area contributed by atoms with Crippen molar-refractivity contribution in [3.63, 3.8) is 0 Å². The fraction of sp³-hybridized carbons (Fsp3) is 0.438. The number of nitrogens with one attached hydrogen (secondary N) is 1. The molecule has 0 bridgehead atoms. The van der Waals surface area contributed by atoms with Crippen LogP contribution in [-0.4, -0.2) is 59.2 Å². The zero-order valence-corrected chi connectivity index (χ0v) is 13.3. The van der Waals surface area contributed by atoms with E-state index in [2.05, 4.69) is 10.3 Å². The molecule has 0 spiro atoms. The van der Waals surface area contributed by atoms with Gasteiger partial charge in [0.25, 0.3) is 0 Å². The van der Waals surface area contributed by atoms with E-state index in [1.165, 1.54) is 0 Å². The molecule has 8 nitrogen and oxygen atoms in total. The van der Waals surface area contributed by atoms with E-state index in [1.807, 2.05) is 25.1 Å². The highest BCUT2D eigenvalue weighted by molar-refractivity contribution is 5.77. The molecule has 3 heterocycles. The molecule has 24 heavy (non-hydrogen) atoms. The van der Waals surface area contributed by atoms with Crippen LogP contribution in [0.5, 0.6) is 0 Å². The number of carbonyl (C=O) groups is 2. The minimum atomic E-state index is -0.290. The maximum atomic E-state index is 12.3. The van der Waals surface area contributed by atoms with Crippen LogP contribution in [0, 0.1) is 6.92 Å². The number of urea groups is 1. The van der Waals surface area contributed by atoms with Crippen molar-refractivity contribution in [2.45, 2.75) is 19.5 Å². The minimum absolute atomic E-state index is 0.0519. The molecular weight excluding hydrogens is 312 g/mol. The summed E-state index contributed by atoms with van der Waals surface area (Å²) in [7, 11) is 0. The lowest BCUT2D eigenvalue weighted by Crippen LogP contribution is -2.55. The molecule has 1 unspecified atom stereocenters. The SMILES string of the molecule is Cc1cccc2oc(CNC(=O)N3CCN4C(=O)OCC4C3)nc12. The van der Waals surface area contributed by atoms with Crippen molar-refractivity contribution < 1.29 is 18.7 Å². The van der Waals surface area contributed by atoms with Crippen molar-refractivity contribution in [3.05, 3.63) is 29.7 Å². The number of piperazine rings is 1. The molecule has 1 atom stereocenters. The largest absolute Gasteiger partial charge is 0.447 e. The number of aromatic nitrogens is 1. The van der Waals surface area contributed by atoms with Crippen LogP contribution < -0.4 is 5.32 Å². The first-order valence-electron chi connectivity index (χ1n) is 7.93. The standard InChI is InChI=1S/C16H18N4O4/c1-10-3-2-4-12-14(10)18-13(24-12)7-17-15(21)19-5-6-20-11(8-19)9-23-16(20)22/h2-4,11H,5-9H2,1H3,(H,17,21). The Hall–Kier alpha value is -2.77. The van der Waals surface area contributed by atoms with Crippen molar-refractivity contribution >= 4 is 23.2 Å². The molecule has 2 aliphatic heterocycles. The van der Waals surface area contributed by atoms with Gasteiger partial charge in [-0.3, -0.25) is 4.90 Å². The van der Waals surface area contributed by atoms with Gasteiger partial charge in [-0.25, -0.2) is 14.6 Å². The second kappa shape index (κ2) is 5.70. The normalized spacial score (nSPS) is 20.2. The maximum Gasteiger partial charge on any atom is 0.410 e. The van der Waals surface area contributed by atoms with E-state index in [0.29, 0.717) is 32.1 Å². The van der Waals surface area contributed by atoms with Crippen molar-refractivity contribution in [3.8, 4) is 0 Å². The zero-order valence-electron chi connectivity index (χ0n) is 13.3. The summed E-state index contributed by atoms with van der Waals surface area (Å²) >= 11 is 0. The summed E-state index contributed by atoms with van der Waals surface area (Å²) in [5.74, 6) is 0.477. The molecule has 8 heteroatoms. The van der Waals surface area contributed by atoms with Crippen molar-refractivity contribution in [1.82, 2.24) is 20.1 Å². The van der Waals surface area contributed by atoms with Crippen LogP contribution in [-0.2, 0) is 11.3 Å². The molecule has 0 aliphatic carbocycles. The summed E-state index contributed by atoms with van der Waals surface area (Å²) in [5.41, 5.74) is 2.57. The summed E-state index contributed by atoms with van der Waals surface area (Å²) in [5, 5.41) is 2.83. The quantitative estimate of drug-likeness (QED) is 0.901. The highest BCUT2D eigenvalue weighted by atomic mass is 16.6. The van der Waals surface area contributed by atoms with Gasteiger partial charge in [0.1, 0.15) is 12.1 Å². The third-order valence-corrected chi connectivity index (χ3v) is 4.46.